The molecule has 0 atom stereocenters. The second-order valence-electron chi connectivity index (χ2n) is 27.8. The highest BCUT2D eigenvalue weighted by Gasteiger charge is 2.28. The summed E-state index contributed by atoms with van der Waals surface area (Å²) in [7, 11) is 10.8. The maximum absolute atomic E-state index is 5.84. The number of hydrogen-bond donors (Lipinski definition) is 11. The van der Waals surface area contributed by atoms with E-state index in [2.05, 4.69) is 73.0 Å². The first-order valence-corrected chi connectivity index (χ1v) is 36.8. The van der Waals surface area contributed by atoms with Gasteiger partial charge in [0.2, 0.25) is 0 Å². The third-order valence-electron chi connectivity index (χ3n) is 14.4. The van der Waals surface area contributed by atoms with Crippen molar-refractivity contribution in [2.75, 3.05) is 155 Å². The van der Waals surface area contributed by atoms with E-state index in [1.807, 2.05) is 125 Å². The van der Waals surface area contributed by atoms with Crippen molar-refractivity contribution in [1.82, 2.24) is 21.3 Å². The summed E-state index contributed by atoms with van der Waals surface area (Å²) in [6.07, 6.45) is 7.62. The van der Waals surface area contributed by atoms with Gasteiger partial charge in [0.15, 0.2) is 56.6 Å². The molecule has 4 aliphatic rings. The molecule has 4 saturated heterocycles. The zero-order valence-corrected chi connectivity index (χ0v) is 69.3. The molecular weight excluding hydrogens is 1320 g/mol. The van der Waals surface area contributed by atoms with E-state index in [9.17, 15) is 0 Å². The molecule has 0 aromatic rings. The second-order valence-corrected chi connectivity index (χ2v) is 27.8. The number of nitrogens with two attached hydrogens (primary N) is 7. The lowest BCUT2D eigenvalue weighted by Crippen LogP contribution is -2.42. The summed E-state index contributed by atoms with van der Waals surface area (Å²) in [6.45, 7) is 52.7. The molecule has 18 N–H and O–H groups in total. The van der Waals surface area contributed by atoms with Crippen LogP contribution in [0.3, 0.4) is 0 Å². The van der Waals surface area contributed by atoms with Crippen LogP contribution in [0.1, 0.15) is 209 Å². The third-order valence-corrected chi connectivity index (χ3v) is 14.4. The molecule has 4 heterocycles. The highest BCUT2D eigenvalue weighted by Crippen LogP contribution is 2.21. The summed E-state index contributed by atoms with van der Waals surface area (Å²) in [5.41, 5.74) is 27.8. The Labute approximate surface area is 620 Å². The van der Waals surface area contributed by atoms with E-state index in [-0.39, 0.29) is 89.8 Å². The van der Waals surface area contributed by atoms with Gasteiger partial charge in [0, 0.05) is 158 Å². The standard InChI is InChI=1S/C10H23NO2.C9H19NO2.C9H21NO2.C8H19N3O2.2C8H17NO2.C7H15NO2.C7H17NO2.C5H13N3O2/c1-6-12-9(13-7-2)8-10(3,4)11-5;1-9(2,10-3)7-8-11-5-4-6-12-8;1-5-11-8(12-6-2)7-9(3,4)10;1-3-12-8(13-4-2)6-5-7(9)11-10;1-8(2,9-3)6-7-10-4-5-11-7;1-8(2,9)6-7-10-4-3-5-11-7;1-7(2,8)5-6-9-3-4-10-6;1-4-9-7(6-8-3)10-5-2;1-9-5(10-2)3-4(6)8-7/h9,11H,6-8H2,1-5H3;8,10H,4-7H2,1-3H3;8H,5-7,10H2,1-4H3;8H,3-6,10H2,1-2H3,(H2,9,11);7,9H,4-6H2,1-3H3;7H,3-6,9H2,1-2H3;6H,3-5,8H2,1-2H3;7-8H,4-6H2,1-3H3;5H,3,7H2,1-2H3,(H2,6,8). The van der Waals surface area contributed by atoms with Crippen molar-refractivity contribution in [3.8, 4) is 0 Å². The van der Waals surface area contributed by atoms with Crippen molar-refractivity contribution in [3.63, 3.8) is 0 Å². The third kappa shape index (κ3) is 74.4. The van der Waals surface area contributed by atoms with Crippen molar-refractivity contribution in [1.29, 1.82) is 0 Å². The number of amidine groups is 2. The van der Waals surface area contributed by atoms with Gasteiger partial charge in [0.05, 0.1) is 59.3 Å². The fraction of sp³-hybridized carbons (Fsp3) is 0.972. The van der Waals surface area contributed by atoms with Crippen LogP contribution < -0.4 is 61.6 Å². The molecule has 4 aliphatic heterocycles. The maximum Gasteiger partial charge on any atom is 0.169 e. The molecule has 0 aromatic carbocycles. The molecule has 0 unspecified atom stereocenters. The summed E-state index contributed by atoms with van der Waals surface area (Å²) >= 11 is 0. The Balaban J connectivity index is -0.000000346. The number of nitrogens with zero attached hydrogens (tertiary/aromatic N) is 2. The molecule has 618 valence electrons. The Hall–Kier alpha value is -2.46. The van der Waals surface area contributed by atoms with Gasteiger partial charge in [-0.2, -0.15) is 10.2 Å². The van der Waals surface area contributed by atoms with E-state index < -0.39 is 0 Å². The lowest BCUT2D eigenvalue weighted by molar-refractivity contribution is -0.187. The molecule has 31 heteroatoms. The molecule has 0 aliphatic carbocycles. The number of likely N-dealkylation sites (N-methyl/N-ethyl adjacent to an activating group) is 1. The second kappa shape index (κ2) is 66.7. The number of ether oxygens (including phenoxy) is 18. The summed E-state index contributed by atoms with van der Waals surface area (Å²) in [5, 5.41) is 19.3. The predicted molar refractivity (Wildman–Crippen MR) is 409 cm³/mol. The minimum atomic E-state index is -0.354. The van der Waals surface area contributed by atoms with Crippen molar-refractivity contribution in [3.05, 3.63) is 0 Å². The highest BCUT2D eigenvalue weighted by atomic mass is 16.7. The average molecular weight is 1490 g/mol. The Bertz CT molecular complexity index is 1820. The van der Waals surface area contributed by atoms with Crippen LogP contribution in [0.5, 0.6) is 0 Å². The van der Waals surface area contributed by atoms with Gasteiger partial charge in [0.1, 0.15) is 11.7 Å². The molecule has 0 amide bonds. The van der Waals surface area contributed by atoms with Crippen LogP contribution in [0, 0.1) is 0 Å². The number of methoxy groups -OCH3 is 2. The first-order chi connectivity index (χ1) is 47.8. The molecule has 0 aromatic heterocycles. The predicted octanol–water partition coefficient (Wildman–Crippen LogP) is 6.76. The van der Waals surface area contributed by atoms with Crippen LogP contribution in [-0.4, -0.2) is 256 Å². The largest absolute Gasteiger partial charge is 0.386 e. The lowest BCUT2D eigenvalue weighted by Gasteiger charge is -2.31. The van der Waals surface area contributed by atoms with E-state index in [4.69, 9.17) is 126 Å². The van der Waals surface area contributed by atoms with Gasteiger partial charge in [0.25, 0.3) is 0 Å². The molecule has 0 bridgehead atoms. The SMILES string of the molecule is CC(C)(N)CC1OCCCO1.CC(C)(N)CC1OCCO1.CCOC(CC(C)(C)N)OCC.CCOC(CC(C)(C)NC)OCC.CCOC(CCC(N)=NN)OCC.CCOC(CNC)OCC.CNC(C)(C)CC1OCCCO1.CNC(C)(C)CC1OCCO1.COC(CC(N)=NN)OC. The fourth-order valence-corrected chi connectivity index (χ4v) is 8.39. The molecule has 4 rings (SSSR count). The minimum absolute atomic E-state index is 0.00236. The van der Waals surface area contributed by atoms with Crippen LogP contribution in [0.2, 0.25) is 0 Å². The lowest BCUT2D eigenvalue weighted by atomic mass is 10.0. The molecule has 0 spiro atoms. The minimum Gasteiger partial charge on any atom is -0.386 e. The summed E-state index contributed by atoms with van der Waals surface area (Å²) in [6, 6.07) is 0. The number of hydrazone groups is 2. The Morgan fingerprint density at radius 2 is 0.667 bits per heavy atom. The molecule has 4 fully saturated rings. The van der Waals surface area contributed by atoms with Crippen molar-refractivity contribution in [2.45, 2.75) is 299 Å². The van der Waals surface area contributed by atoms with Gasteiger partial charge in [-0.3, -0.25) is 0 Å². The van der Waals surface area contributed by atoms with Gasteiger partial charge in [-0.25, -0.2) is 0 Å². The van der Waals surface area contributed by atoms with Gasteiger partial charge in [-0.05, 0) is 180 Å². The van der Waals surface area contributed by atoms with Gasteiger partial charge >= 0.3 is 0 Å². The molecule has 31 nitrogen and oxygen atoms in total. The Morgan fingerprint density at radius 3 is 0.931 bits per heavy atom. The van der Waals surface area contributed by atoms with Crippen molar-refractivity contribution in [2.24, 2.45) is 50.6 Å². The number of nitrogens with one attached hydrogen (secondary N) is 4. The zero-order valence-electron chi connectivity index (χ0n) is 69.3. The molecule has 0 saturated carbocycles. The summed E-state index contributed by atoms with van der Waals surface area (Å²) in [4.78, 5) is 0. The Morgan fingerprint density at radius 1 is 0.382 bits per heavy atom. The first-order valence-electron chi connectivity index (χ1n) is 36.8. The van der Waals surface area contributed by atoms with E-state index in [0.717, 1.165) is 97.6 Å². The molecule has 102 heavy (non-hydrogen) atoms. The summed E-state index contributed by atoms with van der Waals surface area (Å²) < 4.78 is 95.1. The highest BCUT2D eigenvalue weighted by molar-refractivity contribution is 5.80. The van der Waals surface area contributed by atoms with E-state index in [1.54, 1.807) is 0 Å². The summed E-state index contributed by atoms with van der Waals surface area (Å²) in [5.74, 6) is 10.6. The smallest absolute Gasteiger partial charge is 0.169 e. The van der Waals surface area contributed by atoms with E-state index in [1.165, 1.54) is 14.2 Å². The fourth-order valence-electron chi connectivity index (χ4n) is 8.39. The van der Waals surface area contributed by atoms with Crippen LogP contribution in [0.15, 0.2) is 10.2 Å². The average Bonchev–Trinajstić information content (AvgIpc) is 1.63. The number of hydrogen-bond acceptors (Lipinski definition) is 29. The van der Waals surface area contributed by atoms with Crippen LogP contribution >= 0.6 is 0 Å². The van der Waals surface area contributed by atoms with Gasteiger partial charge < -0.3 is 147 Å². The van der Waals surface area contributed by atoms with Crippen LogP contribution in [0.4, 0.5) is 0 Å². The van der Waals surface area contributed by atoms with Crippen molar-refractivity contribution >= 4 is 11.7 Å². The maximum atomic E-state index is 5.84. The van der Waals surface area contributed by atoms with Crippen LogP contribution in [-0.2, 0) is 85.3 Å². The number of rotatable bonds is 40. The first kappa shape index (κ1) is 108. The monoisotopic (exact) mass is 1480 g/mol. The quantitative estimate of drug-likeness (QED) is 0.00991. The van der Waals surface area contributed by atoms with Crippen molar-refractivity contribution < 1.29 is 85.3 Å². The topological polar surface area (TPSA) is 421 Å². The van der Waals surface area contributed by atoms with Gasteiger partial charge in [-0.15, -0.1) is 0 Å². The van der Waals surface area contributed by atoms with Gasteiger partial charge in [-0.1, -0.05) is 0 Å². The van der Waals surface area contributed by atoms with E-state index in [0.29, 0.717) is 97.0 Å². The Kier molecular flexibility index (Phi) is 70.7. The molecule has 0 radical (unpaired) electrons. The van der Waals surface area contributed by atoms with E-state index >= 15 is 0 Å². The zero-order chi connectivity index (χ0) is 79.1. The molecular formula is C71H161N13O18. The van der Waals surface area contributed by atoms with Crippen LogP contribution in [0.25, 0.3) is 0 Å². The normalized spacial score (nSPS) is 16.2.